The predicted molar refractivity (Wildman–Crippen MR) is 95.6 cm³/mol. The Balaban J connectivity index is 1.51. The van der Waals surface area contributed by atoms with Gasteiger partial charge in [0.1, 0.15) is 0 Å². The summed E-state index contributed by atoms with van der Waals surface area (Å²) in [7, 11) is -0.491. The Morgan fingerprint density at radius 2 is 1.77 bits per heavy atom. The Morgan fingerprint density at radius 3 is 2.27 bits per heavy atom. The summed E-state index contributed by atoms with van der Waals surface area (Å²) >= 11 is 0. The van der Waals surface area contributed by atoms with Gasteiger partial charge in [0.25, 0.3) is 0 Å². The van der Waals surface area contributed by atoms with E-state index in [1.807, 2.05) is 27.7 Å². The van der Waals surface area contributed by atoms with Crippen LogP contribution in [0.3, 0.4) is 0 Å². The lowest BCUT2D eigenvalue weighted by molar-refractivity contribution is 0.00578. The summed E-state index contributed by atoms with van der Waals surface area (Å²) in [4.78, 5) is 20.8. The van der Waals surface area contributed by atoms with Crippen LogP contribution < -0.4 is 10.2 Å². The molecule has 2 fully saturated rings. The molecule has 2 aliphatic rings. The van der Waals surface area contributed by atoms with Crippen molar-refractivity contribution < 1.29 is 23.9 Å². The summed E-state index contributed by atoms with van der Waals surface area (Å²) in [6, 6.07) is 0.311. The first-order valence-corrected chi connectivity index (χ1v) is 8.96. The molecule has 0 aliphatic carbocycles. The highest BCUT2D eigenvalue weighted by molar-refractivity contribution is 6.61. The number of rotatable bonds is 4. The van der Waals surface area contributed by atoms with Crippen molar-refractivity contribution >= 4 is 18.7 Å². The normalized spacial score (nSPS) is 22.5. The third-order valence-electron chi connectivity index (χ3n) is 5.51. The fourth-order valence-corrected chi connectivity index (χ4v) is 2.98. The fourth-order valence-electron chi connectivity index (χ4n) is 2.98. The Bertz CT molecular complexity index is 628. The van der Waals surface area contributed by atoms with Crippen molar-refractivity contribution in [3.05, 3.63) is 12.4 Å². The van der Waals surface area contributed by atoms with Crippen LogP contribution in [0, 0.1) is 5.92 Å². The van der Waals surface area contributed by atoms with Gasteiger partial charge in [-0.3, -0.25) is 0 Å². The molecular weight excluding hydrogens is 337 g/mol. The summed E-state index contributed by atoms with van der Waals surface area (Å²) in [6.45, 7) is 9.59. The maximum Gasteiger partial charge on any atom is 0.498 e. The van der Waals surface area contributed by atoms with Crippen molar-refractivity contribution in [3.8, 4) is 6.01 Å². The standard InChI is InChI=1S/C17H26BN3O5/c1-16(2)17(3,4)26-18(25-16)13-9-19-14(20-10-13)24-11-12-5-7-21(8-6-12)15(22)23/h9-10,12H,5-8,11H2,1-4H3,(H,22,23). The molecule has 142 valence electrons. The van der Waals surface area contributed by atoms with Crippen molar-refractivity contribution in [2.24, 2.45) is 5.92 Å². The number of piperidine rings is 1. The third-order valence-corrected chi connectivity index (χ3v) is 5.51. The number of aromatic nitrogens is 2. The number of nitrogens with zero attached hydrogens (tertiary/aromatic N) is 3. The lowest BCUT2D eigenvalue weighted by Gasteiger charge is -2.32. The lowest BCUT2D eigenvalue weighted by atomic mass is 9.81. The van der Waals surface area contributed by atoms with Gasteiger partial charge < -0.3 is 24.1 Å². The number of carboxylic acid groups (broad SMARTS) is 1. The maximum atomic E-state index is 10.9. The van der Waals surface area contributed by atoms with Crippen LogP contribution in [-0.4, -0.2) is 64.1 Å². The second-order valence-corrected chi connectivity index (χ2v) is 7.91. The minimum absolute atomic E-state index is 0.311. The number of hydrogen-bond donors (Lipinski definition) is 1. The van der Waals surface area contributed by atoms with Crippen molar-refractivity contribution in [3.63, 3.8) is 0 Å². The van der Waals surface area contributed by atoms with Crippen LogP contribution in [0.25, 0.3) is 0 Å². The molecule has 2 aliphatic heterocycles. The summed E-state index contributed by atoms with van der Waals surface area (Å²) in [5.74, 6) is 0.317. The molecule has 0 aromatic carbocycles. The first-order chi connectivity index (χ1) is 12.2. The van der Waals surface area contributed by atoms with Gasteiger partial charge in [0, 0.05) is 30.9 Å². The Kier molecular flexibility index (Phi) is 5.12. The van der Waals surface area contributed by atoms with Gasteiger partial charge >= 0.3 is 19.2 Å². The predicted octanol–water partition coefficient (Wildman–Crippen LogP) is 1.54. The molecule has 3 heterocycles. The van der Waals surface area contributed by atoms with E-state index < -0.39 is 24.4 Å². The molecule has 1 aromatic rings. The quantitative estimate of drug-likeness (QED) is 0.811. The SMILES string of the molecule is CC1(C)OB(c2cnc(OCC3CCN(C(=O)O)CC3)nc2)OC1(C)C. The van der Waals surface area contributed by atoms with Gasteiger partial charge in [0.2, 0.25) is 0 Å². The zero-order valence-corrected chi connectivity index (χ0v) is 15.8. The first-order valence-electron chi connectivity index (χ1n) is 8.96. The van der Waals surface area contributed by atoms with Gasteiger partial charge in [-0.05, 0) is 46.5 Å². The second-order valence-electron chi connectivity index (χ2n) is 7.91. The summed E-state index contributed by atoms with van der Waals surface area (Å²) in [5.41, 5.74) is -0.0549. The molecule has 26 heavy (non-hydrogen) atoms. The van der Waals surface area contributed by atoms with Gasteiger partial charge in [-0.1, -0.05) is 0 Å². The van der Waals surface area contributed by atoms with E-state index in [4.69, 9.17) is 19.2 Å². The van der Waals surface area contributed by atoms with Gasteiger partial charge in [0.05, 0.1) is 17.8 Å². The van der Waals surface area contributed by atoms with Crippen LogP contribution in [0.4, 0.5) is 4.79 Å². The topological polar surface area (TPSA) is 94.0 Å². The highest BCUT2D eigenvalue weighted by atomic mass is 16.7. The third kappa shape index (κ3) is 3.93. The summed E-state index contributed by atoms with van der Waals surface area (Å²) in [6.07, 6.45) is 4.05. The van der Waals surface area contributed by atoms with E-state index in [0.717, 1.165) is 18.3 Å². The summed E-state index contributed by atoms with van der Waals surface area (Å²) in [5, 5.41) is 8.97. The minimum Gasteiger partial charge on any atom is -0.465 e. The molecule has 9 heteroatoms. The van der Waals surface area contributed by atoms with E-state index in [9.17, 15) is 4.79 Å². The van der Waals surface area contributed by atoms with Gasteiger partial charge in [0.15, 0.2) is 0 Å². The maximum absolute atomic E-state index is 10.9. The van der Waals surface area contributed by atoms with E-state index in [1.165, 1.54) is 4.90 Å². The molecule has 1 amide bonds. The zero-order chi connectivity index (χ0) is 18.9. The van der Waals surface area contributed by atoms with Gasteiger partial charge in [-0.25, -0.2) is 14.8 Å². The Labute approximate surface area is 154 Å². The number of hydrogen-bond acceptors (Lipinski definition) is 6. The van der Waals surface area contributed by atoms with Crippen LogP contribution in [0.15, 0.2) is 12.4 Å². The van der Waals surface area contributed by atoms with E-state index in [-0.39, 0.29) is 0 Å². The molecule has 0 spiro atoms. The smallest absolute Gasteiger partial charge is 0.465 e. The fraction of sp³-hybridized carbons (Fsp3) is 0.706. The summed E-state index contributed by atoms with van der Waals surface area (Å²) < 4.78 is 17.6. The monoisotopic (exact) mass is 363 g/mol. The van der Waals surface area contributed by atoms with Crippen LogP contribution in [0.2, 0.25) is 0 Å². The lowest BCUT2D eigenvalue weighted by Crippen LogP contribution is -2.41. The minimum atomic E-state index is -0.856. The van der Waals surface area contributed by atoms with Gasteiger partial charge in [-0.2, -0.15) is 0 Å². The van der Waals surface area contributed by atoms with Crippen LogP contribution in [0.1, 0.15) is 40.5 Å². The van der Waals surface area contributed by atoms with Crippen LogP contribution in [0.5, 0.6) is 6.01 Å². The average Bonchev–Trinajstić information content (AvgIpc) is 2.81. The molecular formula is C17H26BN3O5. The van der Waals surface area contributed by atoms with E-state index in [0.29, 0.717) is 31.6 Å². The van der Waals surface area contributed by atoms with E-state index in [2.05, 4.69) is 9.97 Å². The zero-order valence-electron chi connectivity index (χ0n) is 15.8. The molecule has 8 nitrogen and oxygen atoms in total. The highest BCUT2D eigenvalue weighted by Crippen LogP contribution is 2.36. The van der Waals surface area contributed by atoms with Gasteiger partial charge in [-0.15, -0.1) is 0 Å². The number of carbonyl (C=O) groups is 1. The molecule has 0 bridgehead atoms. The molecule has 1 N–H and O–H groups in total. The van der Waals surface area contributed by atoms with E-state index >= 15 is 0 Å². The van der Waals surface area contributed by atoms with Crippen LogP contribution >= 0.6 is 0 Å². The van der Waals surface area contributed by atoms with Crippen molar-refractivity contribution in [1.82, 2.24) is 14.9 Å². The van der Waals surface area contributed by atoms with Crippen molar-refractivity contribution in [2.45, 2.75) is 51.7 Å². The van der Waals surface area contributed by atoms with Crippen molar-refractivity contribution in [2.75, 3.05) is 19.7 Å². The Hall–Kier alpha value is -1.87. The number of amides is 1. The first kappa shape index (κ1) is 18.9. The highest BCUT2D eigenvalue weighted by Gasteiger charge is 2.51. The number of ether oxygens (including phenoxy) is 1. The van der Waals surface area contributed by atoms with E-state index in [1.54, 1.807) is 12.4 Å². The molecule has 0 atom stereocenters. The molecule has 0 unspecified atom stereocenters. The Morgan fingerprint density at radius 1 is 1.23 bits per heavy atom. The average molecular weight is 363 g/mol. The molecule has 3 rings (SSSR count). The largest absolute Gasteiger partial charge is 0.498 e. The molecule has 0 saturated carbocycles. The molecule has 1 aromatic heterocycles. The molecule has 2 saturated heterocycles. The van der Waals surface area contributed by atoms with Crippen LogP contribution in [-0.2, 0) is 9.31 Å². The number of likely N-dealkylation sites (tertiary alicyclic amines) is 1. The second kappa shape index (κ2) is 7.04. The molecule has 0 radical (unpaired) electrons. The van der Waals surface area contributed by atoms with Crippen molar-refractivity contribution in [1.29, 1.82) is 0 Å².